The van der Waals surface area contributed by atoms with E-state index in [0.717, 1.165) is 18.2 Å². The van der Waals surface area contributed by atoms with Gasteiger partial charge in [-0.05, 0) is 12.8 Å². The lowest BCUT2D eigenvalue weighted by molar-refractivity contribution is 0.273. The molecule has 1 N–H and O–H groups in total. The molecule has 0 rings (SSSR count). The minimum Gasteiger partial charge on any atom is -0.133 e. The molecule has 96 valence electrons. The van der Waals surface area contributed by atoms with Crippen LogP contribution in [0, 0.1) is 0 Å². The van der Waals surface area contributed by atoms with E-state index >= 15 is 0 Å². The summed E-state index contributed by atoms with van der Waals surface area (Å²) in [5, 5.41) is 1.13. The zero-order valence-electron chi connectivity index (χ0n) is 9.87. The van der Waals surface area contributed by atoms with E-state index in [9.17, 15) is 4.57 Å². The Morgan fingerprint density at radius 1 is 0.875 bits per heavy atom. The zero-order chi connectivity index (χ0) is 12.1. The number of hydrogen-bond acceptors (Lipinski definition) is 2. The van der Waals surface area contributed by atoms with Crippen molar-refractivity contribution in [2.24, 2.45) is 0 Å². The lowest BCUT2D eigenvalue weighted by Gasteiger charge is -2.00. The highest BCUT2D eigenvalue weighted by atomic mass is 79.9. The van der Waals surface area contributed by atoms with Crippen LogP contribution in [0.2, 0.25) is 0 Å². The molecule has 0 radical (unpaired) electrons. The predicted molar refractivity (Wildman–Crippen MR) is 71.1 cm³/mol. The SMILES string of the molecule is O=[P+](O)OCCCCCCCCCCCBr. The van der Waals surface area contributed by atoms with Crippen molar-refractivity contribution in [2.75, 3.05) is 11.9 Å². The molecular weight excluding hydrogens is 291 g/mol. The number of rotatable bonds is 12. The van der Waals surface area contributed by atoms with Crippen LogP contribution in [0.15, 0.2) is 0 Å². The highest BCUT2D eigenvalue weighted by Crippen LogP contribution is 2.16. The van der Waals surface area contributed by atoms with E-state index in [1.54, 1.807) is 0 Å². The van der Waals surface area contributed by atoms with Crippen LogP contribution >= 0.6 is 24.2 Å². The maximum absolute atomic E-state index is 10.2. The van der Waals surface area contributed by atoms with Crippen molar-refractivity contribution >= 4 is 24.2 Å². The molecule has 0 saturated heterocycles. The van der Waals surface area contributed by atoms with Gasteiger partial charge in [0.05, 0.1) is 0 Å². The zero-order valence-corrected chi connectivity index (χ0v) is 12.3. The molecule has 0 spiro atoms. The minimum absolute atomic E-state index is 0.414. The highest BCUT2D eigenvalue weighted by Gasteiger charge is 2.09. The maximum Gasteiger partial charge on any atom is 0.694 e. The third-order valence-corrected chi connectivity index (χ3v) is 3.44. The van der Waals surface area contributed by atoms with Gasteiger partial charge in [0.2, 0.25) is 0 Å². The Bertz CT molecular complexity index is 167. The summed E-state index contributed by atoms with van der Waals surface area (Å²) in [5.74, 6) is 0. The number of alkyl halides is 1. The van der Waals surface area contributed by atoms with Gasteiger partial charge in [-0.3, -0.25) is 0 Å². The lowest BCUT2D eigenvalue weighted by Crippen LogP contribution is -1.87. The molecule has 0 aliphatic heterocycles. The molecule has 0 bridgehead atoms. The predicted octanol–water partition coefficient (Wildman–Crippen LogP) is 4.56. The molecule has 1 atom stereocenters. The average molecular weight is 314 g/mol. The second-order valence-corrected chi connectivity index (χ2v) is 5.47. The van der Waals surface area contributed by atoms with Gasteiger partial charge in [0.25, 0.3) is 0 Å². The van der Waals surface area contributed by atoms with Crippen molar-refractivity contribution in [3.63, 3.8) is 0 Å². The standard InChI is InChI=1S/C11H22BrO3P/c12-10-8-6-4-2-1-3-5-7-9-11-15-16(13)14/h1-11H2/p+1. The Kier molecular flexibility index (Phi) is 14.0. The van der Waals surface area contributed by atoms with Gasteiger partial charge in [0.15, 0.2) is 0 Å². The van der Waals surface area contributed by atoms with Crippen molar-refractivity contribution < 1.29 is 14.0 Å². The van der Waals surface area contributed by atoms with Crippen LogP contribution in [0.3, 0.4) is 0 Å². The van der Waals surface area contributed by atoms with Crippen molar-refractivity contribution in [2.45, 2.75) is 57.8 Å². The largest absolute Gasteiger partial charge is 0.694 e. The summed E-state index contributed by atoms with van der Waals surface area (Å²) in [4.78, 5) is 8.38. The molecular formula is C11H23BrO3P+. The van der Waals surface area contributed by atoms with E-state index in [1.165, 1.54) is 44.9 Å². The fraction of sp³-hybridized carbons (Fsp3) is 1.00. The summed E-state index contributed by atoms with van der Waals surface area (Å²) < 4.78 is 14.8. The van der Waals surface area contributed by atoms with Gasteiger partial charge >= 0.3 is 8.25 Å². The highest BCUT2D eigenvalue weighted by molar-refractivity contribution is 9.09. The summed E-state index contributed by atoms with van der Waals surface area (Å²) in [5.41, 5.74) is 0. The number of halogens is 1. The van der Waals surface area contributed by atoms with Crippen molar-refractivity contribution in [3.05, 3.63) is 0 Å². The topological polar surface area (TPSA) is 46.5 Å². The van der Waals surface area contributed by atoms with Crippen LogP contribution in [0.25, 0.3) is 0 Å². The second kappa shape index (κ2) is 13.6. The van der Waals surface area contributed by atoms with Crippen molar-refractivity contribution in [3.8, 4) is 0 Å². The molecule has 3 nitrogen and oxygen atoms in total. The van der Waals surface area contributed by atoms with E-state index in [-0.39, 0.29) is 0 Å². The van der Waals surface area contributed by atoms with E-state index in [1.807, 2.05) is 0 Å². The first kappa shape index (κ1) is 16.5. The smallest absolute Gasteiger partial charge is 0.133 e. The van der Waals surface area contributed by atoms with Gasteiger partial charge in [-0.25, -0.2) is 0 Å². The normalized spacial score (nSPS) is 11.8. The average Bonchev–Trinajstić information content (AvgIpc) is 2.25. The first-order valence-corrected chi connectivity index (χ1v) is 8.37. The Balaban J connectivity index is 2.90. The van der Waals surface area contributed by atoms with Gasteiger partial charge in [-0.1, -0.05) is 60.9 Å². The van der Waals surface area contributed by atoms with Crippen LogP contribution in [0.1, 0.15) is 57.8 Å². The maximum atomic E-state index is 10.2. The van der Waals surface area contributed by atoms with Crippen LogP contribution < -0.4 is 0 Å². The van der Waals surface area contributed by atoms with Gasteiger partial charge in [0.1, 0.15) is 6.61 Å². The fourth-order valence-electron chi connectivity index (χ4n) is 1.58. The lowest BCUT2D eigenvalue weighted by atomic mass is 10.1. The molecule has 16 heavy (non-hydrogen) atoms. The molecule has 1 unspecified atom stereocenters. The van der Waals surface area contributed by atoms with Gasteiger partial charge < -0.3 is 0 Å². The molecule has 5 heteroatoms. The summed E-state index contributed by atoms with van der Waals surface area (Å²) in [7, 11) is -2.39. The number of unbranched alkanes of at least 4 members (excludes halogenated alkanes) is 8. The Hall–Kier alpha value is 0.500. The summed E-state index contributed by atoms with van der Waals surface area (Å²) in [6.45, 7) is 0.414. The van der Waals surface area contributed by atoms with E-state index in [0.29, 0.717) is 6.61 Å². The van der Waals surface area contributed by atoms with Crippen LogP contribution in [0.5, 0.6) is 0 Å². The van der Waals surface area contributed by atoms with Gasteiger partial charge in [0, 0.05) is 9.90 Å². The van der Waals surface area contributed by atoms with E-state index in [2.05, 4.69) is 20.5 Å². The fourth-order valence-corrected chi connectivity index (χ4v) is 2.26. The van der Waals surface area contributed by atoms with Crippen LogP contribution in [-0.2, 0) is 9.09 Å². The summed E-state index contributed by atoms with van der Waals surface area (Å²) >= 11 is 3.43. The third kappa shape index (κ3) is 14.5. The molecule has 0 aromatic carbocycles. The molecule has 0 aromatic rings. The van der Waals surface area contributed by atoms with Crippen LogP contribution in [0.4, 0.5) is 0 Å². The third-order valence-electron chi connectivity index (χ3n) is 2.48. The molecule has 0 fully saturated rings. The first-order valence-electron chi connectivity index (χ1n) is 6.12. The monoisotopic (exact) mass is 313 g/mol. The van der Waals surface area contributed by atoms with Crippen molar-refractivity contribution in [1.29, 1.82) is 0 Å². The quantitative estimate of drug-likeness (QED) is 0.326. The van der Waals surface area contributed by atoms with Crippen LogP contribution in [-0.4, -0.2) is 16.8 Å². The van der Waals surface area contributed by atoms with E-state index < -0.39 is 8.25 Å². The molecule has 0 aromatic heterocycles. The molecule has 0 aliphatic rings. The summed E-state index contributed by atoms with van der Waals surface area (Å²) in [6.07, 6.45) is 11.1. The van der Waals surface area contributed by atoms with E-state index in [4.69, 9.17) is 4.89 Å². The second-order valence-electron chi connectivity index (χ2n) is 3.94. The molecule has 0 heterocycles. The number of hydrogen-bond donors (Lipinski definition) is 1. The Morgan fingerprint density at radius 3 is 1.75 bits per heavy atom. The Morgan fingerprint density at radius 2 is 1.31 bits per heavy atom. The molecule has 0 saturated carbocycles. The Labute approximate surface area is 108 Å². The molecule has 0 aliphatic carbocycles. The summed E-state index contributed by atoms with van der Waals surface area (Å²) in [6, 6.07) is 0. The van der Waals surface area contributed by atoms with Gasteiger partial charge in [-0.2, -0.15) is 0 Å². The van der Waals surface area contributed by atoms with Gasteiger partial charge in [-0.15, -0.1) is 9.42 Å². The van der Waals surface area contributed by atoms with Crippen molar-refractivity contribution in [1.82, 2.24) is 0 Å². The first-order chi connectivity index (χ1) is 7.77. The molecule has 0 amide bonds. The minimum atomic E-state index is -2.39.